The average Bonchev–Trinajstić information content (AvgIpc) is 2.79. The number of sulfonamides is 1. The van der Waals surface area contributed by atoms with E-state index in [1.165, 1.54) is 30.3 Å². The molecule has 3 rings (SSSR count). The van der Waals surface area contributed by atoms with Gasteiger partial charge in [-0.3, -0.25) is 9.59 Å². The molecule has 0 unspecified atom stereocenters. The van der Waals surface area contributed by atoms with Gasteiger partial charge in [0.2, 0.25) is 15.9 Å². The number of hydrogen-bond donors (Lipinski definition) is 2. The van der Waals surface area contributed by atoms with Crippen molar-refractivity contribution in [1.82, 2.24) is 9.62 Å². The molecular weight excluding hydrogens is 433 g/mol. The third-order valence-electron chi connectivity index (χ3n) is 5.48. The van der Waals surface area contributed by atoms with Crippen molar-refractivity contribution in [2.45, 2.75) is 37.5 Å². The zero-order valence-corrected chi connectivity index (χ0v) is 18.8. The Morgan fingerprint density at radius 2 is 1.78 bits per heavy atom. The van der Waals surface area contributed by atoms with Crippen LogP contribution in [0.25, 0.3) is 0 Å². The summed E-state index contributed by atoms with van der Waals surface area (Å²) in [6.45, 7) is 3.19. The SMILES string of the molecule is CCCCNS(=O)(=O)c1ccc(NC(=O)C2CCN(C(=O)c3cccc(F)c3)CC2)cc1. The van der Waals surface area contributed by atoms with Gasteiger partial charge in [-0.1, -0.05) is 19.4 Å². The lowest BCUT2D eigenvalue weighted by Crippen LogP contribution is -2.41. The minimum atomic E-state index is -3.56. The maximum absolute atomic E-state index is 13.4. The number of halogens is 1. The molecule has 2 N–H and O–H groups in total. The van der Waals surface area contributed by atoms with Gasteiger partial charge >= 0.3 is 0 Å². The van der Waals surface area contributed by atoms with Crippen LogP contribution in [-0.4, -0.2) is 44.8 Å². The van der Waals surface area contributed by atoms with E-state index >= 15 is 0 Å². The molecule has 0 aromatic heterocycles. The van der Waals surface area contributed by atoms with Gasteiger partial charge in [-0.25, -0.2) is 17.5 Å². The lowest BCUT2D eigenvalue weighted by Gasteiger charge is -2.31. The van der Waals surface area contributed by atoms with E-state index in [9.17, 15) is 22.4 Å². The number of carbonyl (C=O) groups is 2. The van der Waals surface area contributed by atoms with E-state index in [1.54, 1.807) is 23.1 Å². The van der Waals surface area contributed by atoms with Crippen molar-refractivity contribution >= 4 is 27.5 Å². The monoisotopic (exact) mass is 461 g/mol. The van der Waals surface area contributed by atoms with Gasteiger partial charge in [0.25, 0.3) is 5.91 Å². The largest absolute Gasteiger partial charge is 0.339 e. The number of unbranched alkanes of at least 4 members (excludes halogenated alkanes) is 1. The van der Waals surface area contributed by atoms with Gasteiger partial charge in [0.05, 0.1) is 4.90 Å². The number of rotatable bonds is 8. The van der Waals surface area contributed by atoms with Crippen LogP contribution in [0.5, 0.6) is 0 Å². The highest BCUT2D eigenvalue weighted by atomic mass is 32.2. The molecule has 9 heteroatoms. The topological polar surface area (TPSA) is 95.6 Å². The summed E-state index contributed by atoms with van der Waals surface area (Å²) < 4.78 is 40.4. The number of piperidine rings is 1. The molecule has 0 aliphatic carbocycles. The van der Waals surface area contributed by atoms with E-state index in [-0.39, 0.29) is 22.6 Å². The molecule has 1 aliphatic rings. The van der Waals surface area contributed by atoms with Crippen LogP contribution in [0.2, 0.25) is 0 Å². The summed E-state index contributed by atoms with van der Waals surface area (Å²) in [5, 5.41) is 2.82. The number of anilines is 1. The molecule has 1 fully saturated rings. The summed E-state index contributed by atoms with van der Waals surface area (Å²) >= 11 is 0. The highest BCUT2D eigenvalue weighted by Gasteiger charge is 2.28. The van der Waals surface area contributed by atoms with Crippen LogP contribution in [0.4, 0.5) is 10.1 Å². The van der Waals surface area contributed by atoms with E-state index in [4.69, 9.17) is 0 Å². The fourth-order valence-corrected chi connectivity index (χ4v) is 4.65. The molecule has 1 heterocycles. The third-order valence-corrected chi connectivity index (χ3v) is 6.96. The number of hydrogen-bond acceptors (Lipinski definition) is 4. The summed E-state index contributed by atoms with van der Waals surface area (Å²) in [6, 6.07) is 11.6. The number of carbonyl (C=O) groups excluding carboxylic acids is 2. The molecule has 2 aromatic rings. The highest BCUT2D eigenvalue weighted by molar-refractivity contribution is 7.89. The lowest BCUT2D eigenvalue weighted by atomic mass is 9.95. The fourth-order valence-electron chi connectivity index (χ4n) is 3.58. The summed E-state index contributed by atoms with van der Waals surface area (Å²) in [7, 11) is -3.56. The Labute approximate surface area is 188 Å². The molecule has 172 valence electrons. The Morgan fingerprint density at radius 3 is 2.41 bits per heavy atom. The van der Waals surface area contributed by atoms with Crippen LogP contribution in [0, 0.1) is 11.7 Å². The first-order valence-corrected chi connectivity index (χ1v) is 12.2. The lowest BCUT2D eigenvalue weighted by molar-refractivity contribution is -0.121. The van der Waals surface area contributed by atoms with Crippen LogP contribution in [0.3, 0.4) is 0 Å². The van der Waals surface area contributed by atoms with Crippen LogP contribution in [-0.2, 0) is 14.8 Å². The van der Waals surface area contributed by atoms with E-state index in [0.29, 0.717) is 43.7 Å². The molecule has 0 atom stereocenters. The van der Waals surface area contributed by atoms with Gasteiger partial charge in [0, 0.05) is 36.8 Å². The first kappa shape index (κ1) is 23.9. The van der Waals surface area contributed by atoms with Gasteiger partial charge in [0.15, 0.2) is 0 Å². The predicted octanol–water partition coefficient (Wildman–Crippen LogP) is 3.40. The Morgan fingerprint density at radius 1 is 1.09 bits per heavy atom. The normalized spacial score (nSPS) is 14.9. The van der Waals surface area contributed by atoms with Crippen LogP contribution >= 0.6 is 0 Å². The van der Waals surface area contributed by atoms with Gasteiger partial charge in [-0.05, 0) is 61.7 Å². The number of benzene rings is 2. The molecule has 0 radical (unpaired) electrons. The highest BCUT2D eigenvalue weighted by Crippen LogP contribution is 2.22. The van der Waals surface area contributed by atoms with Crippen molar-refractivity contribution in [1.29, 1.82) is 0 Å². The minimum Gasteiger partial charge on any atom is -0.339 e. The molecular formula is C23H28FN3O4S. The second kappa shape index (κ2) is 10.7. The van der Waals surface area contributed by atoms with Gasteiger partial charge in [0.1, 0.15) is 5.82 Å². The van der Waals surface area contributed by atoms with Crippen molar-refractivity contribution in [2.75, 3.05) is 25.0 Å². The summed E-state index contributed by atoms with van der Waals surface area (Å²) in [6.07, 6.45) is 2.66. The number of amides is 2. The van der Waals surface area contributed by atoms with E-state index in [1.807, 2.05) is 6.92 Å². The first-order chi connectivity index (χ1) is 15.3. The maximum atomic E-state index is 13.4. The Hall–Kier alpha value is -2.78. The van der Waals surface area contributed by atoms with Crippen molar-refractivity contribution in [2.24, 2.45) is 5.92 Å². The van der Waals surface area contributed by atoms with Crippen molar-refractivity contribution in [3.8, 4) is 0 Å². The molecule has 1 saturated heterocycles. The maximum Gasteiger partial charge on any atom is 0.253 e. The summed E-state index contributed by atoms with van der Waals surface area (Å²) in [4.78, 5) is 26.9. The molecule has 7 nitrogen and oxygen atoms in total. The standard InChI is InChI=1S/C23H28FN3O4S/c1-2-3-13-25-32(30,31)21-9-7-20(8-10-21)26-22(28)17-11-14-27(15-12-17)23(29)18-5-4-6-19(24)16-18/h4-10,16-17,25H,2-3,11-15H2,1H3,(H,26,28). The number of nitrogens with one attached hydrogen (secondary N) is 2. The number of nitrogens with zero attached hydrogens (tertiary/aromatic N) is 1. The Balaban J connectivity index is 1.52. The molecule has 0 bridgehead atoms. The predicted molar refractivity (Wildman–Crippen MR) is 120 cm³/mol. The fraction of sp³-hybridized carbons (Fsp3) is 0.391. The second-order valence-electron chi connectivity index (χ2n) is 7.84. The van der Waals surface area contributed by atoms with Gasteiger partial charge < -0.3 is 10.2 Å². The smallest absolute Gasteiger partial charge is 0.253 e. The quantitative estimate of drug-likeness (QED) is 0.589. The van der Waals surface area contributed by atoms with Crippen LogP contribution < -0.4 is 10.0 Å². The molecule has 1 aliphatic heterocycles. The van der Waals surface area contributed by atoms with Crippen molar-refractivity contribution in [3.63, 3.8) is 0 Å². The van der Waals surface area contributed by atoms with Gasteiger partial charge in [-0.2, -0.15) is 0 Å². The third kappa shape index (κ3) is 6.14. The molecule has 2 aromatic carbocycles. The Bertz CT molecular complexity index is 1050. The van der Waals surface area contributed by atoms with Crippen molar-refractivity contribution < 1.29 is 22.4 Å². The summed E-state index contributed by atoms with van der Waals surface area (Å²) in [5.41, 5.74) is 0.813. The molecule has 0 spiro atoms. The van der Waals surface area contributed by atoms with Gasteiger partial charge in [-0.15, -0.1) is 0 Å². The zero-order valence-electron chi connectivity index (χ0n) is 18.0. The van der Waals surface area contributed by atoms with E-state index in [0.717, 1.165) is 12.8 Å². The van der Waals surface area contributed by atoms with Crippen molar-refractivity contribution in [3.05, 3.63) is 59.9 Å². The molecule has 0 saturated carbocycles. The van der Waals surface area contributed by atoms with E-state index in [2.05, 4.69) is 10.0 Å². The van der Waals surface area contributed by atoms with Crippen LogP contribution in [0.1, 0.15) is 43.0 Å². The molecule has 2 amide bonds. The van der Waals surface area contributed by atoms with E-state index < -0.39 is 15.8 Å². The average molecular weight is 462 g/mol. The Kier molecular flexibility index (Phi) is 7.98. The zero-order chi connectivity index (χ0) is 23.1. The number of likely N-dealkylation sites (tertiary alicyclic amines) is 1. The summed E-state index contributed by atoms with van der Waals surface area (Å²) in [5.74, 6) is -1.13. The van der Waals surface area contributed by atoms with Crippen LogP contribution in [0.15, 0.2) is 53.4 Å². The minimum absolute atomic E-state index is 0.149. The first-order valence-electron chi connectivity index (χ1n) is 10.8. The second-order valence-corrected chi connectivity index (χ2v) is 9.61. The molecule has 32 heavy (non-hydrogen) atoms.